The Morgan fingerprint density at radius 1 is 0.387 bits per heavy atom. The van der Waals surface area contributed by atoms with Crippen molar-refractivity contribution in [2.24, 2.45) is 0 Å². The second-order valence-corrected chi connectivity index (χ2v) is 18.3. The van der Waals surface area contributed by atoms with Gasteiger partial charge < -0.3 is 0 Å². The summed E-state index contributed by atoms with van der Waals surface area (Å²) in [4.78, 5) is 0. The Morgan fingerprint density at radius 3 is 0.742 bits per heavy atom. The van der Waals surface area contributed by atoms with Crippen LogP contribution in [0.5, 0.6) is 0 Å². The van der Waals surface area contributed by atoms with Gasteiger partial charge in [0.05, 0.1) is 0 Å². The molecule has 31 heavy (non-hydrogen) atoms. The average molecular weight is 800 g/mol. The van der Waals surface area contributed by atoms with Crippen molar-refractivity contribution in [3.8, 4) is 0 Å². The van der Waals surface area contributed by atoms with E-state index in [9.17, 15) is 0 Å². The predicted molar refractivity (Wildman–Crippen MR) is 151 cm³/mol. The summed E-state index contributed by atoms with van der Waals surface area (Å²) in [6.07, 6.45) is 0. The average Bonchev–Trinajstić information content (AvgIpc) is 2.83. The SMILES string of the molecule is [Pb+2].[Se-]SP(c1ccccc1)c1ccccc1.[Se-]SP(c1ccccc1)c1ccccc1. The van der Waals surface area contributed by atoms with Crippen LogP contribution in [0.2, 0.25) is 0 Å². The molecule has 4 aromatic rings. The van der Waals surface area contributed by atoms with Crippen LogP contribution in [0.15, 0.2) is 121 Å². The quantitative estimate of drug-likeness (QED) is 0.192. The van der Waals surface area contributed by atoms with E-state index < -0.39 is 0 Å². The Labute approximate surface area is 231 Å². The Hall–Kier alpha value is 0.401. The molecule has 2 radical (unpaired) electrons. The molecule has 0 saturated heterocycles. The van der Waals surface area contributed by atoms with Crippen molar-refractivity contribution in [1.82, 2.24) is 0 Å². The van der Waals surface area contributed by atoms with Gasteiger partial charge in [-0.15, -0.1) is 0 Å². The normalized spacial score (nSPS) is 10.2. The van der Waals surface area contributed by atoms with E-state index in [2.05, 4.69) is 151 Å². The van der Waals surface area contributed by atoms with Crippen LogP contribution in [0.1, 0.15) is 0 Å². The molecule has 0 atom stereocenters. The van der Waals surface area contributed by atoms with Crippen LogP contribution >= 0.6 is 33.8 Å². The topological polar surface area (TPSA) is 0 Å². The zero-order chi connectivity index (χ0) is 21.0. The van der Waals surface area contributed by atoms with Gasteiger partial charge in [-0.2, -0.15) is 0 Å². The van der Waals surface area contributed by atoms with Gasteiger partial charge in [-0.05, 0) is 0 Å². The summed E-state index contributed by atoms with van der Waals surface area (Å²) in [7, 11) is 3.06. The summed E-state index contributed by atoms with van der Waals surface area (Å²) in [5.74, 6) is 0. The van der Waals surface area contributed by atoms with Crippen molar-refractivity contribution in [3.05, 3.63) is 121 Å². The Kier molecular flexibility index (Phi) is 14.4. The first kappa shape index (κ1) is 27.6. The van der Waals surface area contributed by atoms with Gasteiger partial charge in [0, 0.05) is 0 Å². The van der Waals surface area contributed by atoms with Crippen molar-refractivity contribution < 1.29 is 0 Å². The van der Waals surface area contributed by atoms with Crippen LogP contribution in [-0.4, -0.2) is 57.1 Å². The van der Waals surface area contributed by atoms with E-state index in [1.807, 2.05) is 19.6 Å². The second kappa shape index (κ2) is 16.1. The summed E-state index contributed by atoms with van der Waals surface area (Å²) in [6.45, 7) is 0. The molecule has 0 bridgehead atoms. The molecule has 0 aliphatic heterocycles. The molecule has 0 aliphatic carbocycles. The van der Waals surface area contributed by atoms with Gasteiger partial charge in [-0.1, -0.05) is 0 Å². The number of benzene rings is 4. The van der Waals surface area contributed by atoms with Crippen LogP contribution in [0.25, 0.3) is 0 Å². The van der Waals surface area contributed by atoms with Gasteiger partial charge in [0.2, 0.25) is 0 Å². The molecule has 0 heterocycles. The fraction of sp³-hybridized carbons (Fsp3) is 0. The van der Waals surface area contributed by atoms with Gasteiger partial charge in [0.25, 0.3) is 0 Å². The fourth-order valence-electron chi connectivity index (χ4n) is 2.72. The number of hydrogen-bond donors (Lipinski definition) is 0. The van der Waals surface area contributed by atoms with Crippen LogP contribution in [0.3, 0.4) is 0 Å². The summed E-state index contributed by atoms with van der Waals surface area (Å²) < 4.78 is 0. The molecule has 0 amide bonds. The summed E-state index contributed by atoms with van der Waals surface area (Å²) in [6, 6.07) is 42.6. The van der Waals surface area contributed by atoms with Crippen molar-refractivity contribution in [2.45, 2.75) is 0 Å². The van der Waals surface area contributed by atoms with E-state index in [4.69, 9.17) is 0 Å². The second-order valence-electron chi connectivity index (χ2n) is 6.08. The number of rotatable bonds is 6. The van der Waals surface area contributed by atoms with Gasteiger partial charge in [0.1, 0.15) is 0 Å². The third-order valence-electron chi connectivity index (χ3n) is 4.11. The molecule has 4 rings (SSSR count). The minimum atomic E-state index is -0.288. The van der Waals surface area contributed by atoms with E-state index >= 15 is 0 Å². The van der Waals surface area contributed by atoms with E-state index in [0.29, 0.717) is 0 Å². The first-order valence-corrected chi connectivity index (χ1v) is 18.8. The van der Waals surface area contributed by atoms with Gasteiger partial charge in [0.15, 0.2) is 0 Å². The van der Waals surface area contributed by atoms with Gasteiger partial charge in [-0.3, -0.25) is 0 Å². The maximum atomic E-state index is 3.09. The van der Waals surface area contributed by atoms with Crippen molar-refractivity contribution in [2.75, 3.05) is 0 Å². The van der Waals surface area contributed by atoms with Crippen LogP contribution in [-0.2, 0) is 0 Å². The molecule has 0 fully saturated rings. The molecule has 4 aromatic carbocycles. The molecule has 0 saturated carbocycles. The molecule has 0 spiro atoms. The zero-order valence-corrected chi connectivity index (χ0v) is 27.3. The Bertz CT molecular complexity index is 819. The molecule has 0 nitrogen and oxygen atoms in total. The molecule has 0 unspecified atom stereocenters. The van der Waals surface area contributed by atoms with Crippen LogP contribution < -0.4 is 21.2 Å². The Morgan fingerprint density at radius 2 is 0.581 bits per heavy atom. The van der Waals surface area contributed by atoms with E-state index in [0.717, 1.165) is 0 Å². The van der Waals surface area contributed by atoms with Gasteiger partial charge >= 0.3 is 233 Å². The predicted octanol–water partition coefficient (Wildman–Crippen LogP) is 5.32. The fourth-order valence-corrected chi connectivity index (χ4v) is 14.4. The van der Waals surface area contributed by atoms with E-state index in [-0.39, 0.29) is 41.5 Å². The zero-order valence-electron chi connectivity index (χ0n) is 16.6. The minimum absolute atomic E-state index is 0. The first-order chi connectivity index (χ1) is 14.8. The molecular formula is C24H20P2PbS2Se2. The first-order valence-electron chi connectivity index (χ1n) is 9.24. The molecule has 7 heteroatoms. The summed E-state index contributed by atoms with van der Waals surface area (Å²) in [5, 5.41) is 5.62. The monoisotopic (exact) mass is 802 g/mol. The molecular weight excluding hydrogens is 779 g/mol. The third-order valence-corrected chi connectivity index (χ3v) is 16.5. The standard InChI is InChI=1S/2C12H11PSSe.Pb/c2*15-14-13(11-7-3-1-4-8-11)12-9-5-2-6-10-12;/h2*1-10,15H;/q;;+2/p-2. The van der Waals surface area contributed by atoms with Crippen molar-refractivity contribution in [1.29, 1.82) is 0 Å². The maximum absolute atomic E-state index is 3.09. The molecule has 0 aliphatic rings. The van der Waals surface area contributed by atoms with Gasteiger partial charge in [-0.25, -0.2) is 0 Å². The van der Waals surface area contributed by atoms with Crippen LogP contribution in [0.4, 0.5) is 0 Å². The summed E-state index contributed by atoms with van der Waals surface area (Å²) in [5.41, 5.74) is 0. The number of hydrogen-bond acceptors (Lipinski definition) is 2. The third kappa shape index (κ3) is 8.93. The van der Waals surface area contributed by atoms with Crippen molar-refractivity contribution in [3.63, 3.8) is 0 Å². The Balaban J connectivity index is 0.000000213. The summed E-state index contributed by atoms with van der Waals surface area (Å²) >= 11 is 6.17. The van der Waals surface area contributed by atoms with E-state index in [1.165, 1.54) is 21.2 Å². The van der Waals surface area contributed by atoms with Crippen LogP contribution in [0, 0.1) is 0 Å². The molecule has 0 aromatic heterocycles. The molecule has 154 valence electrons. The van der Waals surface area contributed by atoms with Crippen molar-refractivity contribution >= 4 is 112 Å². The van der Waals surface area contributed by atoms with E-state index in [1.54, 1.807) is 0 Å². The molecule has 0 N–H and O–H groups in total.